The third-order valence-corrected chi connectivity index (χ3v) is 3.31. The van der Waals surface area contributed by atoms with Crippen LogP contribution in [0.15, 0.2) is 24.3 Å². The molecule has 1 aromatic rings. The maximum atomic E-state index is 12.0. The lowest BCUT2D eigenvalue weighted by Crippen LogP contribution is -2.36. The smallest absolute Gasteiger partial charge is 0.229 e. The molecule has 0 aliphatic carbocycles. The summed E-state index contributed by atoms with van der Waals surface area (Å²) in [6.07, 6.45) is 1.74. The van der Waals surface area contributed by atoms with Crippen molar-refractivity contribution in [3.05, 3.63) is 29.8 Å². The molecule has 4 nitrogen and oxygen atoms in total. The molecule has 1 heterocycles. The first kappa shape index (κ1) is 13.6. The van der Waals surface area contributed by atoms with E-state index < -0.39 is 0 Å². The van der Waals surface area contributed by atoms with Crippen molar-refractivity contribution in [2.75, 3.05) is 11.4 Å². The molecule has 1 unspecified atom stereocenters. The van der Waals surface area contributed by atoms with Gasteiger partial charge in [-0.25, -0.2) is 0 Å². The van der Waals surface area contributed by atoms with Crippen LogP contribution in [0.5, 0.6) is 0 Å². The summed E-state index contributed by atoms with van der Waals surface area (Å²) < 4.78 is 0. The second-order valence-electron chi connectivity index (χ2n) is 5.06. The Labute approximate surface area is 113 Å². The SMILES string of the molecule is CCCC(=O)NC1CC(=O)N(c2ccc(C)cc2)C1. The van der Waals surface area contributed by atoms with E-state index in [0.717, 1.165) is 12.1 Å². The first-order valence-electron chi connectivity index (χ1n) is 6.76. The molecule has 1 aromatic carbocycles. The Morgan fingerprint density at radius 2 is 2.05 bits per heavy atom. The van der Waals surface area contributed by atoms with Gasteiger partial charge >= 0.3 is 0 Å². The van der Waals surface area contributed by atoms with E-state index >= 15 is 0 Å². The van der Waals surface area contributed by atoms with Crippen LogP contribution in [-0.4, -0.2) is 24.4 Å². The van der Waals surface area contributed by atoms with E-state index in [1.54, 1.807) is 4.90 Å². The van der Waals surface area contributed by atoms with Gasteiger partial charge in [-0.15, -0.1) is 0 Å². The molecule has 1 atom stereocenters. The number of nitrogens with zero attached hydrogens (tertiary/aromatic N) is 1. The number of anilines is 1. The van der Waals surface area contributed by atoms with Crippen LogP contribution in [0.4, 0.5) is 5.69 Å². The summed E-state index contributed by atoms with van der Waals surface area (Å²) in [4.78, 5) is 25.3. The lowest BCUT2D eigenvalue weighted by molar-refractivity contribution is -0.121. The molecule has 1 aliphatic rings. The monoisotopic (exact) mass is 260 g/mol. The van der Waals surface area contributed by atoms with Crippen LogP contribution in [0.25, 0.3) is 0 Å². The summed E-state index contributed by atoms with van der Waals surface area (Å²) in [6.45, 7) is 4.55. The van der Waals surface area contributed by atoms with Gasteiger partial charge in [0.2, 0.25) is 11.8 Å². The minimum absolute atomic E-state index is 0.0334. The van der Waals surface area contributed by atoms with Gasteiger partial charge in [0.15, 0.2) is 0 Å². The Balaban J connectivity index is 1.99. The predicted molar refractivity (Wildman–Crippen MR) is 75.0 cm³/mol. The molecule has 19 heavy (non-hydrogen) atoms. The zero-order valence-corrected chi connectivity index (χ0v) is 11.5. The average molecular weight is 260 g/mol. The van der Waals surface area contributed by atoms with Crippen LogP contribution < -0.4 is 10.2 Å². The molecule has 1 saturated heterocycles. The highest BCUT2D eigenvalue weighted by Crippen LogP contribution is 2.21. The quantitative estimate of drug-likeness (QED) is 0.900. The Bertz CT molecular complexity index is 468. The molecule has 2 amide bonds. The highest BCUT2D eigenvalue weighted by Gasteiger charge is 2.31. The number of hydrogen-bond donors (Lipinski definition) is 1. The molecule has 0 bridgehead atoms. The molecule has 0 radical (unpaired) electrons. The number of aryl methyl sites for hydroxylation is 1. The van der Waals surface area contributed by atoms with Crippen molar-refractivity contribution in [3.8, 4) is 0 Å². The van der Waals surface area contributed by atoms with Crippen molar-refractivity contribution in [2.24, 2.45) is 0 Å². The number of benzene rings is 1. The Morgan fingerprint density at radius 1 is 1.37 bits per heavy atom. The standard InChI is InChI=1S/C15H20N2O2/c1-3-4-14(18)16-12-9-15(19)17(10-12)13-7-5-11(2)6-8-13/h5-8,12H,3-4,9-10H2,1-2H3,(H,16,18). The normalized spacial score (nSPS) is 18.7. The fourth-order valence-corrected chi connectivity index (χ4v) is 2.31. The van der Waals surface area contributed by atoms with Crippen LogP contribution in [0, 0.1) is 6.92 Å². The highest BCUT2D eigenvalue weighted by molar-refractivity contribution is 5.96. The second-order valence-corrected chi connectivity index (χ2v) is 5.06. The van der Waals surface area contributed by atoms with E-state index in [1.165, 1.54) is 5.56 Å². The first-order chi connectivity index (χ1) is 9.10. The van der Waals surface area contributed by atoms with Gasteiger partial charge in [-0.3, -0.25) is 9.59 Å². The Hall–Kier alpha value is -1.84. The molecule has 1 N–H and O–H groups in total. The third-order valence-electron chi connectivity index (χ3n) is 3.31. The fourth-order valence-electron chi connectivity index (χ4n) is 2.31. The van der Waals surface area contributed by atoms with Gasteiger partial charge in [-0.1, -0.05) is 24.6 Å². The largest absolute Gasteiger partial charge is 0.351 e. The van der Waals surface area contributed by atoms with Gasteiger partial charge < -0.3 is 10.2 Å². The van der Waals surface area contributed by atoms with Crippen molar-refractivity contribution in [3.63, 3.8) is 0 Å². The second kappa shape index (κ2) is 5.87. The molecular formula is C15H20N2O2. The molecule has 4 heteroatoms. The van der Waals surface area contributed by atoms with E-state index in [4.69, 9.17) is 0 Å². The summed E-state index contributed by atoms with van der Waals surface area (Å²) in [6, 6.07) is 7.82. The van der Waals surface area contributed by atoms with Gasteiger partial charge in [0.1, 0.15) is 0 Å². The van der Waals surface area contributed by atoms with Crippen molar-refractivity contribution in [2.45, 2.75) is 39.2 Å². The number of carbonyl (C=O) groups excluding carboxylic acids is 2. The van der Waals surface area contributed by atoms with Crippen molar-refractivity contribution in [1.82, 2.24) is 5.32 Å². The summed E-state index contributed by atoms with van der Waals surface area (Å²) >= 11 is 0. The molecular weight excluding hydrogens is 240 g/mol. The topological polar surface area (TPSA) is 49.4 Å². The van der Waals surface area contributed by atoms with Crippen LogP contribution in [0.1, 0.15) is 31.7 Å². The molecule has 2 rings (SSSR count). The van der Waals surface area contributed by atoms with Gasteiger partial charge in [-0.05, 0) is 25.5 Å². The highest BCUT2D eigenvalue weighted by atomic mass is 16.2. The number of amides is 2. The van der Waals surface area contributed by atoms with Crippen LogP contribution in [0.3, 0.4) is 0 Å². The molecule has 0 spiro atoms. The molecule has 0 aromatic heterocycles. The Kier molecular flexibility index (Phi) is 4.20. The van der Waals surface area contributed by atoms with Gasteiger partial charge in [0.25, 0.3) is 0 Å². The molecule has 102 valence electrons. The summed E-state index contributed by atoms with van der Waals surface area (Å²) in [5, 5.41) is 2.92. The van der Waals surface area contributed by atoms with Gasteiger partial charge in [0.05, 0.1) is 6.04 Å². The van der Waals surface area contributed by atoms with E-state index in [0.29, 0.717) is 19.4 Å². The molecule has 1 fully saturated rings. The number of nitrogens with one attached hydrogen (secondary N) is 1. The number of carbonyl (C=O) groups is 2. The lowest BCUT2D eigenvalue weighted by Gasteiger charge is -2.17. The summed E-state index contributed by atoms with van der Waals surface area (Å²) in [7, 11) is 0. The number of rotatable bonds is 4. The van der Waals surface area contributed by atoms with Crippen molar-refractivity contribution < 1.29 is 9.59 Å². The Morgan fingerprint density at radius 3 is 2.68 bits per heavy atom. The number of hydrogen-bond acceptors (Lipinski definition) is 2. The minimum atomic E-state index is -0.0622. The average Bonchev–Trinajstić information content (AvgIpc) is 2.71. The third kappa shape index (κ3) is 3.34. The van der Waals surface area contributed by atoms with Crippen molar-refractivity contribution >= 4 is 17.5 Å². The van der Waals surface area contributed by atoms with Gasteiger partial charge in [0, 0.05) is 25.1 Å². The minimum Gasteiger partial charge on any atom is -0.351 e. The molecule has 1 aliphatic heterocycles. The zero-order chi connectivity index (χ0) is 13.8. The van der Waals surface area contributed by atoms with Crippen LogP contribution in [0.2, 0.25) is 0 Å². The van der Waals surface area contributed by atoms with Crippen LogP contribution in [-0.2, 0) is 9.59 Å². The predicted octanol–water partition coefficient (Wildman–Crippen LogP) is 2.02. The maximum absolute atomic E-state index is 12.0. The summed E-state index contributed by atoms with van der Waals surface area (Å²) in [5.74, 6) is 0.108. The first-order valence-corrected chi connectivity index (χ1v) is 6.76. The van der Waals surface area contributed by atoms with E-state index in [9.17, 15) is 9.59 Å². The van der Waals surface area contributed by atoms with Crippen molar-refractivity contribution in [1.29, 1.82) is 0 Å². The molecule has 0 saturated carbocycles. The van der Waals surface area contributed by atoms with Crippen LogP contribution >= 0.6 is 0 Å². The van der Waals surface area contributed by atoms with E-state index in [2.05, 4.69) is 5.32 Å². The zero-order valence-electron chi connectivity index (χ0n) is 11.5. The lowest BCUT2D eigenvalue weighted by atomic mass is 10.2. The van der Waals surface area contributed by atoms with E-state index in [-0.39, 0.29) is 17.9 Å². The van der Waals surface area contributed by atoms with Gasteiger partial charge in [-0.2, -0.15) is 0 Å². The maximum Gasteiger partial charge on any atom is 0.229 e. The van der Waals surface area contributed by atoms with E-state index in [1.807, 2.05) is 38.1 Å². The summed E-state index contributed by atoms with van der Waals surface area (Å²) in [5.41, 5.74) is 2.08. The fraction of sp³-hybridized carbons (Fsp3) is 0.467.